The summed E-state index contributed by atoms with van der Waals surface area (Å²) in [4.78, 5) is 2.12. The highest BCUT2D eigenvalue weighted by Gasteiger charge is 2.07. The fourth-order valence-corrected chi connectivity index (χ4v) is 2.31. The van der Waals surface area contributed by atoms with Crippen molar-refractivity contribution in [2.45, 2.75) is 13.1 Å². The van der Waals surface area contributed by atoms with Gasteiger partial charge in [0.2, 0.25) is 0 Å². The maximum Gasteiger partial charge on any atom is 0.123 e. The number of hydrogen-bond donors (Lipinski definition) is 0. The third-order valence-electron chi connectivity index (χ3n) is 3.36. The Bertz CT molecular complexity index is 722. The first-order chi connectivity index (χ1) is 10.7. The number of benzene rings is 2. The first kappa shape index (κ1) is 14.4. The minimum atomic E-state index is -0.211. The van der Waals surface area contributed by atoms with Gasteiger partial charge in [-0.1, -0.05) is 35.5 Å². The van der Waals surface area contributed by atoms with Crippen LogP contribution in [-0.2, 0) is 13.1 Å². The van der Waals surface area contributed by atoms with E-state index in [0.717, 1.165) is 23.5 Å². The monoisotopic (exact) mass is 296 g/mol. The van der Waals surface area contributed by atoms with Crippen molar-refractivity contribution in [3.8, 4) is 5.69 Å². The molecule has 0 bridgehead atoms. The normalized spacial score (nSPS) is 11.0. The van der Waals surface area contributed by atoms with E-state index in [1.807, 2.05) is 43.6 Å². The van der Waals surface area contributed by atoms with Crippen LogP contribution < -0.4 is 0 Å². The molecule has 0 aliphatic carbocycles. The Balaban J connectivity index is 1.63. The van der Waals surface area contributed by atoms with Gasteiger partial charge in [0.15, 0.2) is 0 Å². The summed E-state index contributed by atoms with van der Waals surface area (Å²) in [6, 6.07) is 16.4. The van der Waals surface area contributed by atoms with Gasteiger partial charge < -0.3 is 0 Å². The number of aromatic nitrogens is 3. The van der Waals surface area contributed by atoms with Crippen LogP contribution in [0.3, 0.4) is 0 Å². The lowest BCUT2D eigenvalue weighted by atomic mass is 10.2. The molecule has 0 saturated carbocycles. The van der Waals surface area contributed by atoms with E-state index in [0.29, 0.717) is 6.54 Å². The van der Waals surface area contributed by atoms with Crippen molar-refractivity contribution in [1.82, 2.24) is 19.9 Å². The summed E-state index contributed by atoms with van der Waals surface area (Å²) in [7, 11) is 2.00. The molecule has 22 heavy (non-hydrogen) atoms. The van der Waals surface area contributed by atoms with Crippen molar-refractivity contribution < 1.29 is 4.39 Å². The lowest BCUT2D eigenvalue weighted by molar-refractivity contribution is 0.315. The minimum absolute atomic E-state index is 0.211. The zero-order valence-electron chi connectivity index (χ0n) is 12.4. The van der Waals surface area contributed by atoms with Gasteiger partial charge in [-0.15, -0.1) is 5.10 Å². The highest BCUT2D eigenvalue weighted by molar-refractivity contribution is 5.29. The topological polar surface area (TPSA) is 34.0 Å². The molecular formula is C17H17FN4. The van der Waals surface area contributed by atoms with Crippen LogP contribution in [0.5, 0.6) is 0 Å². The first-order valence-corrected chi connectivity index (χ1v) is 7.10. The Hall–Kier alpha value is -2.53. The van der Waals surface area contributed by atoms with Gasteiger partial charge in [0.25, 0.3) is 0 Å². The standard InChI is InChI=1S/C17H17FN4/c1-21(11-14-7-9-15(18)10-8-14)12-16-13-22(20-19-16)17-5-3-2-4-6-17/h2-10,13H,11-12H2,1H3. The van der Waals surface area contributed by atoms with Crippen molar-refractivity contribution in [3.05, 3.63) is 77.9 Å². The first-order valence-electron chi connectivity index (χ1n) is 7.10. The summed E-state index contributed by atoms with van der Waals surface area (Å²) < 4.78 is 14.7. The van der Waals surface area contributed by atoms with Gasteiger partial charge in [0, 0.05) is 13.1 Å². The van der Waals surface area contributed by atoms with E-state index in [1.165, 1.54) is 12.1 Å². The molecule has 0 atom stereocenters. The average Bonchev–Trinajstić information content (AvgIpc) is 2.99. The van der Waals surface area contributed by atoms with Gasteiger partial charge in [0.05, 0.1) is 17.6 Å². The summed E-state index contributed by atoms with van der Waals surface area (Å²) in [5.41, 5.74) is 2.95. The molecule has 0 aliphatic rings. The van der Waals surface area contributed by atoms with E-state index >= 15 is 0 Å². The predicted molar refractivity (Wildman–Crippen MR) is 82.9 cm³/mol. The van der Waals surface area contributed by atoms with Crippen molar-refractivity contribution in [1.29, 1.82) is 0 Å². The SMILES string of the molecule is CN(Cc1ccc(F)cc1)Cc1cn(-c2ccccc2)nn1. The third kappa shape index (κ3) is 3.56. The molecule has 0 amide bonds. The Morgan fingerprint density at radius 2 is 1.73 bits per heavy atom. The van der Waals surface area contributed by atoms with E-state index in [1.54, 1.807) is 16.8 Å². The molecule has 2 aromatic carbocycles. The zero-order valence-corrected chi connectivity index (χ0v) is 12.4. The summed E-state index contributed by atoms with van der Waals surface area (Å²) in [6.45, 7) is 1.42. The molecule has 3 aromatic rings. The summed E-state index contributed by atoms with van der Waals surface area (Å²) >= 11 is 0. The van der Waals surface area contributed by atoms with Crippen molar-refractivity contribution in [2.24, 2.45) is 0 Å². The van der Waals surface area contributed by atoms with E-state index < -0.39 is 0 Å². The van der Waals surface area contributed by atoms with Gasteiger partial charge >= 0.3 is 0 Å². The molecular weight excluding hydrogens is 279 g/mol. The van der Waals surface area contributed by atoms with Gasteiger partial charge in [-0.3, -0.25) is 4.90 Å². The fraction of sp³-hybridized carbons (Fsp3) is 0.176. The molecule has 1 aromatic heterocycles. The van der Waals surface area contributed by atoms with E-state index in [-0.39, 0.29) is 5.82 Å². The number of hydrogen-bond acceptors (Lipinski definition) is 3. The third-order valence-corrected chi connectivity index (χ3v) is 3.36. The fourth-order valence-electron chi connectivity index (χ4n) is 2.31. The predicted octanol–water partition coefficient (Wildman–Crippen LogP) is 3.04. The molecule has 5 heteroatoms. The van der Waals surface area contributed by atoms with E-state index in [4.69, 9.17) is 0 Å². The maximum absolute atomic E-state index is 12.9. The second-order valence-corrected chi connectivity index (χ2v) is 5.29. The van der Waals surface area contributed by atoms with Crippen LogP contribution in [-0.4, -0.2) is 26.9 Å². The van der Waals surface area contributed by atoms with E-state index in [2.05, 4.69) is 15.2 Å². The number of halogens is 1. The minimum Gasteiger partial charge on any atom is -0.296 e. The molecule has 0 unspecified atom stereocenters. The lowest BCUT2D eigenvalue weighted by Gasteiger charge is -2.14. The maximum atomic E-state index is 12.9. The molecule has 0 fully saturated rings. The second-order valence-electron chi connectivity index (χ2n) is 5.29. The highest BCUT2D eigenvalue weighted by Crippen LogP contribution is 2.10. The lowest BCUT2D eigenvalue weighted by Crippen LogP contribution is -2.17. The molecule has 1 heterocycles. The Morgan fingerprint density at radius 1 is 1.00 bits per heavy atom. The van der Waals surface area contributed by atoms with Gasteiger partial charge in [-0.2, -0.15) is 0 Å². The Morgan fingerprint density at radius 3 is 2.45 bits per heavy atom. The number of nitrogens with zero attached hydrogens (tertiary/aromatic N) is 4. The van der Waals surface area contributed by atoms with Crippen LogP contribution in [0.2, 0.25) is 0 Å². The zero-order chi connectivity index (χ0) is 15.4. The quantitative estimate of drug-likeness (QED) is 0.725. The van der Waals surface area contributed by atoms with Crippen LogP contribution in [0.4, 0.5) is 4.39 Å². The van der Waals surface area contributed by atoms with Gasteiger partial charge in [0.1, 0.15) is 5.82 Å². The molecule has 0 N–H and O–H groups in total. The molecule has 0 radical (unpaired) electrons. The molecule has 0 aliphatic heterocycles. The molecule has 112 valence electrons. The second kappa shape index (κ2) is 6.49. The number of rotatable bonds is 5. The van der Waals surface area contributed by atoms with Crippen LogP contribution in [0.25, 0.3) is 5.69 Å². The summed E-state index contributed by atoms with van der Waals surface area (Å²) in [6.07, 6.45) is 1.93. The Kier molecular flexibility index (Phi) is 4.25. The van der Waals surface area contributed by atoms with Crippen LogP contribution in [0, 0.1) is 5.82 Å². The van der Waals surface area contributed by atoms with Gasteiger partial charge in [-0.25, -0.2) is 9.07 Å². The van der Waals surface area contributed by atoms with Gasteiger partial charge in [-0.05, 0) is 36.9 Å². The van der Waals surface area contributed by atoms with Crippen LogP contribution >= 0.6 is 0 Å². The Labute approximate surface area is 128 Å². The highest BCUT2D eigenvalue weighted by atomic mass is 19.1. The van der Waals surface area contributed by atoms with Crippen molar-refractivity contribution in [2.75, 3.05) is 7.05 Å². The average molecular weight is 296 g/mol. The molecule has 4 nitrogen and oxygen atoms in total. The molecule has 0 spiro atoms. The summed E-state index contributed by atoms with van der Waals surface area (Å²) in [5, 5.41) is 8.35. The van der Waals surface area contributed by atoms with Crippen LogP contribution in [0.1, 0.15) is 11.3 Å². The van der Waals surface area contributed by atoms with Crippen LogP contribution in [0.15, 0.2) is 60.8 Å². The number of para-hydroxylation sites is 1. The molecule has 0 saturated heterocycles. The smallest absolute Gasteiger partial charge is 0.123 e. The summed E-state index contributed by atoms with van der Waals surface area (Å²) in [5.74, 6) is -0.211. The van der Waals surface area contributed by atoms with Crippen molar-refractivity contribution in [3.63, 3.8) is 0 Å². The van der Waals surface area contributed by atoms with E-state index in [9.17, 15) is 4.39 Å². The van der Waals surface area contributed by atoms with Crippen molar-refractivity contribution >= 4 is 0 Å². The molecule has 3 rings (SSSR count). The largest absolute Gasteiger partial charge is 0.296 e.